The maximum atomic E-state index is 13.3. The first-order valence-corrected chi connectivity index (χ1v) is 14.8. The van der Waals surface area contributed by atoms with E-state index in [0.29, 0.717) is 6.54 Å². The average molecular weight is 590 g/mol. The van der Waals surface area contributed by atoms with Crippen LogP contribution in [-0.4, -0.2) is 37.8 Å². The van der Waals surface area contributed by atoms with Crippen LogP contribution in [0.3, 0.4) is 0 Å². The van der Waals surface area contributed by atoms with Crippen LogP contribution in [0.15, 0.2) is 108 Å². The summed E-state index contributed by atoms with van der Waals surface area (Å²) in [6, 6.07) is 26.9. The number of halogens is 1. The van der Waals surface area contributed by atoms with Crippen molar-refractivity contribution in [3.63, 3.8) is 0 Å². The number of hydrogen-bond donors (Lipinski definition) is 2. The maximum absolute atomic E-state index is 13.3. The number of nitrogens with one attached hydrogen (secondary N) is 2. The van der Waals surface area contributed by atoms with Crippen LogP contribution >= 0.6 is 0 Å². The van der Waals surface area contributed by atoms with Crippen molar-refractivity contribution < 1.29 is 27.1 Å². The number of rotatable bonds is 12. The Kier molecular flexibility index (Phi) is 9.93. The van der Waals surface area contributed by atoms with E-state index >= 15 is 0 Å². The molecule has 0 radical (unpaired) electrons. The van der Waals surface area contributed by atoms with Crippen molar-refractivity contribution in [1.82, 2.24) is 10.2 Å². The molecule has 0 aliphatic rings. The SMILES string of the molecule is Cc1ccc(CNC(=O)[C@@H](C)N(Cc2ccccc2)C(=O)COc2ccc(S(=O)(=O)Nc3ccc(F)cc3)cc2)cc1. The smallest absolute Gasteiger partial charge is 0.261 e. The summed E-state index contributed by atoms with van der Waals surface area (Å²) in [5.41, 5.74) is 3.14. The Morgan fingerprint density at radius 1 is 0.857 bits per heavy atom. The number of anilines is 1. The van der Waals surface area contributed by atoms with Gasteiger partial charge < -0.3 is 15.0 Å². The van der Waals surface area contributed by atoms with Gasteiger partial charge in [0.2, 0.25) is 5.91 Å². The molecule has 10 heteroatoms. The van der Waals surface area contributed by atoms with Crippen LogP contribution in [0.2, 0.25) is 0 Å². The molecule has 8 nitrogen and oxygen atoms in total. The Balaban J connectivity index is 1.40. The van der Waals surface area contributed by atoms with Crippen molar-refractivity contribution in [2.24, 2.45) is 0 Å². The van der Waals surface area contributed by atoms with Crippen LogP contribution < -0.4 is 14.8 Å². The number of hydrogen-bond acceptors (Lipinski definition) is 5. The second kappa shape index (κ2) is 13.8. The molecule has 4 rings (SSSR count). The van der Waals surface area contributed by atoms with Crippen molar-refractivity contribution in [2.45, 2.75) is 37.9 Å². The molecular formula is C32H32FN3O5S. The topological polar surface area (TPSA) is 105 Å². The fourth-order valence-electron chi connectivity index (χ4n) is 4.08. The molecule has 4 aromatic rings. The van der Waals surface area contributed by atoms with Crippen molar-refractivity contribution in [1.29, 1.82) is 0 Å². The minimum absolute atomic E-state index is 0.0323. The van der Waals surface area contributed by atoms with Crippen LogP contribution in [0.5, 0.6) is 5.75 Å². The minimum Gasteiger partial charge on any atom is -0.484 e. The molecule has 218 valence electrons. The third-order valence-corrected chi connectivity index (χ3v) is 7.94. The number of aryl methyl sites for hydroxylation is 1. The normalized spacial score (nSPS) is 11.8. The molecule has 42 heavy (non-hydrogen) atoms. The van der Waals surface area contributed by atoms with Crippen LogP contribution in [0, 0.1) is 12.7 Å². The lowest BCUT2D eigenvalue weighted by atomic mass is 10.1. The molecule has 0 fully saturated rings. The molecule has 0 aromatic heterocycles. The van der Waals surface area contributed by atoms with Crippen LogP contribution in [-0.2, 0) is 32.7 Å². The van der Waals surface area contributed by atoms with Gasteiger partial charge in [0.25, 0.3) is 15.9 Å². The summed E-state index contributed by atoms with van der Waals surface area (Å²) in [6.45, 7) is 3.83. The summed E-state index contributed by atoms with van der Waals surface area (Å²) in [7, 11) is -3.92. The van der Waals surface area contributed by atoms with Crippen LogP contribution in [0.1, 0.15) is 23.6 Å². The Morgan fingerprint density at radius 3 is 2.14 bits per heavy atom. The van der Waals surface area contributed by atoms with Gasteiger partial charge in [-0.3, -0.25) is 14.3 Å². The second-order valence-electron chi connectivity index (χ2n) is 9.76. The van der Waals surface area contributed by atoms with E-state index in [1.807, 2.05) is 61.5 Å². The average Bonchev–Trinajstić information content (AvgIpc) is 2.99. The predicted octanol–water partition coefficient (Wildman–Crippen LogP) is 5.05. The van der Waals surface area contributed by atoms with Crippen molar-refractivity contribution in [3.05, 3.63) is 126 Å². The van der Waals surface area contributed by atoms with E-state index in [1.165, 1.54) is 41.3 Å². The van der Waals surface area contributed by atoms with Gasteiger partial charge in [-0.1, -0.05) is 60.2 Å². The van der Waals surface area contributed by atoms with E-state index in [-0.39, 0.29) is 35.4 Å². The highest BCUT2D eigenvalue weighted by Gasteiger charge is 2.26. The summed E-state index contributed by atoms with van der Waals surface area (Å²) in [4.78, 5) is 27.8. The Labute approximate surface area is 245 Å². The van der Waals surface area contributed by atoms with Gasteiger partial charge in [-0.25, -0.2) is 12.8 Å². The zero-order chi connectivity index (χ0) is 30.1. The van der Waals surface area contributed by atoms with Crippen molar-refractivity contribution in [3.8, 4) is 5.75 Å². The molecule has 0 bridgehead atoms. The third kappa shape index (κ3) is 8.40. The molecule has 2 amide bonds. The highest BCUT2D eigenvalue weighted by Crippen LogP contribution is 2.20. The van der Waals surface area contributed by atoms with E-state index in [0.717, 1.165) is 28.8 Å². The fraction of sp³-hybridized carbons (Fsp3) is 0.188. The molecule has 0 unspecified atom stereocenters. The Bertz CT molecular complexity index is 1600. The molecule has 0 saturated heterocycles. The minimum atomic E-state index is -3.92. The highest BCUT2D eigenvalue weighted by atomic mass is 32.2. The molecule has 0 aliphatic heterocycles. The fourth-order valence-corrected chi connectivity index (χ4v) is 5.14. The van der Waals surface area contributed by atoms with E-state index < -0.39 is 27.8 Å². The molecule has 1 atom stereocenters. The van der Waals surface area contributed by atoms with Gasteiger partial charge in [0.15, 0.2) is 6.61 Å². The quantitative estimate of drug-likeness (QED) is 0.241. The molecule has 0 spiro atoms. The first-order chi connectivity index (χ1) is 20.1. The molecule has 0 aliphatic carbocycles. The third-order valence-electron chi connectivity index (χ3n) is 6.54. The van der Waals surface area contributed by atoms with Crippen molar-refractivity contribution in [2.75, 3.05) is 11.3 Å². The summed E-state index contributed by atoms with van der Waals surface area (Å²) < 4.78 is 46.5. The van der Waals surface area contributed by atoms with E-state index in [4.69, 9.17) is 4.74 Å². The van der Waals surface area contributed by atoms with E-state index in [1.54, 1.807) is 6.92 Å². The van der Waals surface area contributed by atoms with Gasteiger partial charge in [0.1, 0.15) is 17.6 Å². The van der Waals surface area contributed by atoms with Gasteiger partial charge in [0.05, 0.1) is 4.90 Å². The van der Waals surface area contributed by atoms with Gasteiger partial charge >= 0.3 is 0 Å². The standard InChI is InChI=1S/C32H32FN3O5S/c1-23-8-10-25(11-9-23)20-34-32(38)24(2)36(21-26-6-4-3-5-7-26)31(37)22-41-29-16-18-30(19-17-29)42(39,40)35-28-14-12-27(33)13-15-28/h3-19,24,35H,20-22H2,1-2H3,(H,34,38)/t24-/m1/s1. The van der Waals surface area contributed by atoms with E-state index in [2.05, 4.69) is 10.0 Å². The Hall–Kier alpha value is -4.70. The first kappa shape index (κ1) is 30.3. The lowest BCUT2D eigenvalue weighted by Crippen LogP contribution is -2.48. The zero-order valence-electron chi connectivity index (χ0n) is 23.3. The van der Waals surface area contributed by atoms with Gasteiger partial charge in [-0.15, -0.1) is 0 Å². The molecule has 0 heterocycles. The number of benzene rings is 4. The summed E-state index contributed by atoms with van der Waals surface area (Å²) in [5.74, 6) is -0.914. The second-order valence-corrected chi connectivity index (χ2v) is 11.4. The number of carbonyl (C=O) groups is 2. The van der Waals surface area contributed by atoms with Gasteiger partial charge in [-0.05, 0) is 73.5 Å². The van der Waals surface area contributed by atoms with Crippen LogP contribution in [0.4, 0.5) is 10.1 Å². The zero-order valence-corrected chi connectivity index (χ0v) is 24.1. The highest BCUT2D eigenvalue weighted by molar-refractivity contribution is 7.92. The summed E-state index contributed by atoms with van der Waals surface area (Å²) in [5, 5.41) is 2.90. The molecule has 4 aromatic carbocycles. The van der Waals surface area contributed by atoms with Crippen LogP contribution in [0.25, 0.3) is 0 Å². The monoisotopic (exact) mass is 589 g/mol. The molecule has 0 saturated carbocycles. The molecule has 2 N–H and O–H groups in total. The Morgan fingerprint density at radius 2 is 1.50 bits per heavy atom. The van der Waals surface area contributed by atoms with Gasteiger partial charge in [0, 0.05) is 18.8 Å². The maximum Gasteiger partial charge on any atom is 0.261 e. The number of amides is 2. The van der Waals surface area contributed by atoms with Crippen molar-refractivity contribution >= 4 is 27.5 Å². The summed E-state index contributed by atoms with van der Waals surface area (Å²) >= 11 is 0. The largest absolute Gasteiger partial charge is 0.484 e. The van der Waals surface area contributed by atoms with Gasteiger partial charge in [-0.2, -0.15) is 0 Å². The number of sulfonamides is 1. The van der Waals surface area contributed by atoms with E-state index in [9.17, 15) is 22.4 Å². The first-order valence-electron chi connectivity index (χ1n) is 13.3. The predicted molar refractivity (Wildman–Crippen MR) is 159 cm³/mol. The summed E-state index contributed by atoms with van der Waals surface area (Å²) in [6.07, 6.45) is 0. The molecular weight excluding hydrogens is 557 g/mol. The lowest BCUT2D eigenvalue weighted by molar-refractivity contribution is -0.142. The lowest BCUT2D eigenvalue weighted by Gasteiger charge is -2.28. The number of carbonyl (C=O) groups excluding carboxylic acids is 2. The number of nitrogens with zero attached hydrogens (tertiary/aromatic N) is 1. The number of ether oxygens (including phenoxy) is 1.